The molecule has 0 spiro atoms. The summed E-state index contributed by atoms with van der Waals surface area (Å²) in [6.45, 7) is 1.26. The molecule has 1 aliphatic heterocycles. The molecule has 1 N–H and O–H groups in total. The Bertz CT molecular complexity index is 526. The number of benzene rings is 1. The summed E-state index contributed by atoms with van der Waals surface area (Å²) in [7, 11) is 0. The van der Waals surface area contributed by atoms with Crippen LogP contribution in [0, 0.1) is 4.91 Å². The fourth-order valence-corrected chi connectivity index (χ4v) is 1.57. The third kappa shape index (κ3) is 2.10. The van der Waals surface area contributed by atoms with Gasteiger partial charge >= 0.3 is 0 Å². The summed E-state index contributed by atoms with van der Waals surface area (Å²) in [5.41, 5.74) is 0.511. The van der Waals surface area contributed by atoms with E-state index in [0.29, 0.717) is 5.69 Å². The van der Waals surface area contributed by atoms with E-state index in [1.54, 1.807) is 30.3 Å². The number of hydrazone groups is 1. The van der Waals surface area contributed by atoms with Crippen molar-refractivity contribution < 1.29 is 9.59 Å². The summed E-state index contributed by atoms with van der Waals surface area (Å²) in [5, 5.41) is 9.98. The lowest BCUT2D eigenvalue weighted by atomic mass is 10.2. The quantitative estimate of drug-likeness (QED) is 0.775. The molecule has 1 aromatic rings. The molecule has 0 bridgehead atoms. The number of nitroso groups, excluding NO2 is 1. The molecule has 0 radical (unpaired) electrons. The zero-order valence-corrected chi connectivity index (χ0v) is 9.53. The highest BCUT2D eigenvalue weighted by atomic mass is 16.3. The SMILES string of the molecule is CC(=O)NC1=NN(c2ccccc2)C(=O)C1N=O. The van der Waals surface area contributed by atoms with E-state index < -0.39 is 17.9 Å². The van der Waals surface area contributed by atoms with Crippen molar-refractivity contribution in [1.29, 1.82) is 0 Å². The number of nitrogens with zero attached hydrogens (tertiary/aromatic N) is 3. The van der Waals surface area contributed by atoms with Gasteiger partial charge in [0.1, 0.15) is 0 Å². The number of anilines is 1. The van der Waals surface area contributed by atoms with Gasteiger partial charge in [-0.3, -0.25) is 9.59 Å². The second-order valence-electron chi connectivity index (χ2n) is 3.66. The van der Waals surface area contributed by atoms with Gasteiger partial charge in [-0.2, -0.15) is 5.01 Å². The van der Waals surface area contributed by atoms with Crippen LogP contribution in [0.4, 0.5) is 5.69 Å². The van der Waals surface area contributed by atoms with Crippen LogP contribution in [0.15, 0.2) is 40.6 Å². The third-order valence-corrected chi connectivity index (χ3v) is 2.32. The molecule has 1 atom stereocenters. The molecule has 1 aromatic carbocycles. The number of carbonyl (C=O) groups excluding carboxylic acids is 2. The maximum Gasteiger partial charge on any atom is 0.283 e. The second-order valence-corrected chi connectivity index (χ2v) is 3.66. The fraction of sp³-hybridized carbons (Fsp3) is 0.182. The maximum absolute atomic E-state index is 11.9. The number of nitrogens with one attached hydrogen (secondary N) is 1. The Morgan fingerprint density at radius 2 is 2.06 bits per heavy atom. The molecule has 1 unspecified atom stereocenters. The molecule has 1 aliphatic rings. The van der Waals surface area contributed by atoms with E-state index in [1.807, 2.05) is 0 Å². The summed E-state index contributed by atoms with van der Waals surface area (Å²) >= 11 is 0. The Balaban J connectivity index is 2.33. The van der Waals surface area contributed by atoms with Gasteiger partial charge in [0.25, 0.3) is 5.91 Å². The topological polar surface area (TPSA) is 91.2 Å². The minimum atomic E-state index is -1.30. The summed E-state index contributed by atoms with van der Waals surface area (Å²) in [4.78, 5) is 33.5. The Morgan fingerprint density at radius 3 is 2.61 bits per heavy atom. The number of amides is 2. The average molecular weight is 246 g/mol. The highest BCUT2D eigenvalue weighted by Gasteiger charge is 2.38. The molecule has 2 rings (SSSR count). The van der Waals surface area contributed by atoms with Crippen LogP contribution in [-0.4, -0.2) is 23.7 Å². The molecular weight excluding hydrogens is 236 g/mol. The van der Waals surface area contributed by atoms with Gasteiger partial charge in [0.15, 0.2) is 5.84 Å². The van der Waals surface area contributed by atoms with E-state index >= 15 is 0 Å². The van der Waals surface area contributed by atoms with Crippen molar-refractivity contribution in [2.75, 3.05) is 5.01 Å². The van der Waals surface area contributed by atoms with Gasteiger partial charge in [-0.05, 0) is 17.3 Å². The van der Waals surface area contributed by atoms with E-state index in [4.69, 9.17) is 0 Å². The summed E-state index contributed by atoms with van der Waals surface area (Å²) in [5.74, 6) is -1.04. The van der Waals surface area contributed by atoms with E-state index in [0.717, 1.165) is 5.01 Å². The monoisotopic (exact) mass is 246 g/mol. The van der Waals surface area contributed by atoms with Crippen LogP contribution in [0.3, 0.4) is 0 Å². The maximum atomic E-state index is 11.9. The molecule has 1 heterocycles. The van der Waals surface area contributed by atoms with Crippen molar-refractivity contribution >= 4 is 23.3 Å². The van der Waals surface area contributed by atoms with Crippen molar-refractivity contribution in [1.82, 2.24) is 5.32 Å². The number of hydrogen-bond acceptors (Lipinski definition) is 5. The van der Waals surface area contributed by atoms with Gasteiger partial charge in [0, 0.05) is 6.92 Å². The van der Waals surface area contributed by atoms with Crippen molar-refractivity contribution in [3.8, 4) is 0 Å². The highest BCUT2D eigenvalue weighted by Crippen LogP contribution is 2.20. The lowest BCUT2D eigenvalue weighted by Gasteiger charge is -2.10. The number of para-hydroxylation sites is 1. The van der Waals surface area contributed by atoms with Crippen LogP contribution >= 0.6 is 0 Å². The lowest BCUT2D eigenvalue weighted by Crippen LogP contribution is -2.38. The number of hydrogen-bond donors (Lipinski definition) is 1. The van der Waals surface area contributed by atoms with Gasteiger partial charge in [0.2, 0.25) is 11.9 Å². The van der Waals surface area contributed by atoms with E-state index in [2.05, 4.69) is 15.6 Å². The first-order valence-electron chi connectivity index (χ1n) is 5.21. The van der Waals surface area contributed by atoms with Crippen LogP contribution in [0.2, 0.25) is 0 Å². The Kier molecular flexibility index (Phi) is 3.13. The molecule has 18 heavy (non-hydrogen) atoms. The van der Waals surface area contributed by atoms with E-state index in [-0.39, 0.29) is 5.84 Å². The molecule has 0 fully saturated rings. The molecule has 0 aromatic heterocycles. The van der Waals surface area contributed by atoms with E-state index in [9.17, 15) is 14.5 Å². The van der Waals surface area contributed by atoms with Crippen LogP contribution in [-0.2, 0) is 9.59 Å². The Morgan fingerprint density at radius 1 is 1.39 bits per heavy atom. The largest absolute Gasteiger partial charge is 0.311 e. The third-order valence-electron chi connectivity index (χ3n) is 2.32. The zero-order chi connectivity index (χ0) is 13.1. The van der Waals surface area contributed by atoms with Crippen molar-refractivity contribution in [3.63, 3.8) is 0 Å². The summed E-state index contributed by atoms with van der Waals surface area (Å²) in [6.07, 6.45) is 0. The summed E-state index contributed by atoms with van der Waals surface area (Å²) < 4.78 is 0. The lowest BCUT2D eigenvalue weighted by molar-refractivity contribution is -0.117. The first-order chi connectivity index (χ1) is 8.63. The minimum Gasteiger partial charge on any atom is -0.311 e. The second kappa shape index (κ2) is 4.74. The molecule has 7 heteroatoms. The smallest absolute Gasteiger partial charge is 0.283 e. The molecular formula is C11H10N4O3. The minimum absolute atomic E-state index is 0.0497. The average Bonchev–Trinajstić information content (AvgIpc) is 2.66. The molecule has 7 nitrogen and oxygen atoms in total. The molecule has 92 valence electrons. The normalized spacial score (nSPS) is 18.5. The van der Waals surface area contributed by atoms with Crippen molar-refractivity contribution in [2.45, 2.75) is 13.0 Å². The highest BCUT2D eigenvalue weighted by molar-refractivity contribution is 6.21. The molecule has 0 saturated carbocycles. The number of carbonyl (C=O) groups is 2. The predicted octanol–water partition coefficient (Wildman–Crippen LogP) is 0.618. The van der Waals surface area contributed by atoms with Gasteiger partial charge < -0.3 is 5.32 Å². The molecule has 0 aliphatic carbocycles. The fourth-order valence-electron chi connectivity index (χ4n) is 1.57. The molecule has 2 amide bonds. The number of rotatable bonds is 2. The van der Waals surface area contributed by atoms with Crippen molar-refractivity contribution in [2.24, 2.45) is 10.3 Å². The Labute approximate surface area is 102 Å². The van der Waals surface area contributed by atoms with Gasteiger partial charge in [-0.15, -0.1) is 10.0 Å². The predicted molar refractivity (Wildman–Crippen MR) is 64.8 cm³/mol. The van der Waals surface area contributed by atoms with Crippen LogP contribution in [0.5, 0.6) is 0 Å². The van der Waals surface area contributed by atoms with Crippen LogP contribution in [0.25, 0.3) is 0 Å². The van der Waals surface area contributed by atoms with E-state index in [1.165, 1.54) is 6.92 Å². The van der Waals surface area contributed by atoms with Crippen LogP contribution < -0.4 is 10.3 Å². The van der Waals surface area contributed by atoms with Crippen LogP contribution in [0.1, 0.15) is 6.92 Å². The first-order valence-corrected chi connectivity index (χ1v) is 5.21. The number of amidine groups is 1. The first kappa shape index (κ1) is 11.9. The molecule has 0 saturated heterocycles. The zero-order valence-electron chi connectivity index (χ0n) is 9.53. The standard InChI is InChI=1S/C11H10N4O3/c1-7(16)12-10-9(14-18)11(17)15(13-10)8-5-3-2-4-6-8/h2-6,9H,1H3,(H,12,13,16). The summed E-state index contributed by atoms with van der Waals surface area (Å²) in [6, 6.07) is 7.29. The van der Waals surface area contributed by atoms with Crippen molar-refractivity contribution in [3.05, 3.63) is 35.2 Å². The van der Waals surface area contributed by atoms with Gasteiger partial charge in [0.05, 0.1) is 5.69 Å². The van der Waals surface area contributed by atoms with Gasteiger partial charge in [-0.1, -0.05) is 18.2 Å². The Hall–Kier alpha value is -2.57. The van der Waals surface area contributed by atoms with Gasteiger partial charge in [-0.25, -0.2) is 0 Å².